The molecule has 0 N–H and O–H groups in total. The summed E-state index contributed by atoms with van der Waals surface area (Å²) < 4.78 is 5.55. The fraction of sp³-hybridized carbons (Fsp3) is 0.857. The second-order valence-corrected chi connectivity index (χ2v) is 5.06. The maximum absolute atomic E-state index is 5.55. The van der Waals surface area contributed by atoms with Gasteiger partial charge in [0.05, 0.1) is 0 Å². The third-order valence-electron chi connectivity index (χ3n) is 3.03. The molecule has 1 atom stereocenters. The lowest BCUT2D eigenvalue weighted by molar-refractivity contribution is -0.0534. The van der Waals surface area contributed by atoms with Crippen LogP contribution in [0.4, 0.5) is 0 Å². The van der Waals surface area contributed by atoms with Gasteiger partial charge >= 0.3 is 0 Å². The molecule has 0 aliphatic carbocycles. The van der Waals surface area contributed by atoms with Gasteiger partial charge in [-0.1, -0.05) is 26.2 Å². The van der Waals surface area contributed by atoms with Crippen LogP contribution in [0.3, 0.4) is 0 Å². The van der Waals surface area contributed by atoms with E-state index in [-0.39, 0.29) is 0 Å². The summed E-state index contributed by atoms with van der Waals surface area (Å²) in [6, 6.07) is 0. The van der Waals surface area contributed by atoms with Gasteiger partial charge in [-0.15, -0.1) is 24.5 Å². The lowest BCUT2D eigenvalue weighted by atomic mass is 10.1. The van der Waals surface area contributed by atoms with Gasteiger partial charge in [-0.3, -0.25) is 4.90 Å². The average Bonchev–Trinajstić information content (AvgIpc) is 2.34. The van der Waals surface area contributed by atoms with Crippen molar-refractivity contribution in [3.8, 4) is 11.8 Å². The fourth-order valence-electron chi connectivity index (χ4n) is 1.75. The normalized spacial score (nSPS) is 14.2. The minimum absolute atomic E-state index is 0.441. The average molecular weight is 257 g/mol. The zero-order valence-electron chi connectivity index (χ0n) is 11.8. The first-order chi connectivity index (χ1) is 8.10. The number of hydrogen-bond acceptors (Lipinski definition) is 3. The van der Waals surface area contributed by atoms with Gasteiger partial charge in [0.2, 0.25) is 0 Å². The van der Waals surface area contributed by atoms with Gasteiger partial charge in [0.25, 0.3) is 0 Å². The molecule has 0 rings (SSSR count). The van der Waals surface area contributed by atoms with Crippen LogP contribution in [0.25, 0.3) is 0 Å². The summed E-state index contributed by atoms with van der Waals surface area (Å²) in [5.41, 5.74) is 0. The number of ether oxygens (including phenoxy) is 1. The molecule has 0 bridgehead atoms. The Morgan fingerprint density at radius 3 is 2.53 bits per heavy atom. The molecule has 0 spiro atoms. The molecule has 100 valence electrons. The molecule has 1 unspecified atom stereocenters. The Kier molecular flexibility index (Phi) is 9.72. The van der Waals surface area contributed by atoms with Crippen molar-refractivity contribution in [1.29, 1.82) is 0 Å². The summed E-state index contributed by atoms with van der Waals surface area (Å²) >= 11 is 4.67. The van der Waals surface area contributed by atoms with E-state index >= 15 is 0 Å². The SMILES string of the molecule is CC#CCCN(C)C(S)(CCCCCC)OC. The van der Waals surface area contributed by atoms with Gasteiger partial charge in [-0.05, 0) is 26.8 Å². The van der Waals surface area contributed by atoms with E-state index in [0.29, 0.717) is 0 Å². The molecule has 0 amide bonds. The van der Waals surface area contributed by atoms with E-state index in [9.17, 15) is 0 Å². The molecule has 0 heterocycles. The third kappa shape index (κ3) is 6.98. The van der Waals surface area contributed by atoms with Crippen LogP contribution < -0.4 is 0 Å². The Labute approximate surface area is 113 Å². The van der Waals surface area contributed by atoms with Gasteiger partial charge in [0.1, 0.15) is 0 Å². The molecule has 0 radical (unpaired) electrons. The van der Waals surface area contributed by atoms with Crippen LogP contribution >= 0.6 is 12.6 Å². The first-order valence-corrected chi connectivity index (χ1v) is 6.93. The summed E-state index contributed by atoms with van der Waals surface area (Å²) in [6.07, 6.45) is 6.79. The van der Waals surface area contributed by atoms with E-state index in [1.54, 1.807) is 7.11 Å². The molecule has 3 heteroatoms. The van der Waals surface area contributed by atoms with Crippen molar-refractivity contribution in [3.05, 3.63) is 0 Å². The van der Waals surface area contributed by atoms with E-state index in [1.807, 2.05) is 14.0 Å². The maximum Gasteiger partial charge on any atom is 0.166 e. The highest BCUT2D eigenvalue weighted by Gasteiger charge is 2.28. The summed E-state index contributed by atoms with van der Waals surface area (Å²) in [7, 11) is 3.78. The van der Waals surface area contributed by atoms with Gasteiger partial charge in [0.15, 0.2) is 5.06 Å². The highest BCUT2D eigenvalue weighted by atomic mass is 32.1. The zero-order chi connectivity index (χ0) is 13.1. The minimum Gasteiger partial charge on any atom is -0.354 e. The number of methoxy groups -OCH3 is 1. The van der Waals surface area contributed by atoms with Crippen LogP contribution in [-0.4, -0.2) is 30.7 Å². The second-order valence-electron chi connectivity index (χ2n) is 4.36. The molecule has 0 aliphatic heterocycles. The lowest BCUT2D eigenvalue weighted by Crippen LogP contribution is -2.43. The number of hydrogen-bond donors (Lipinski definition) is 1. The highest BCUT2D eigenvalue weighted by Crippen LogP contribution is 2.27. The fourth-order valence-corrected chi connectivity index (χ4v) is 2.01. The number of rotatable bonds is 9. The smallest absolute Gasteiger partial charge is 0.166 e. The zero-order valence-corrected chi connectivity index (χ0v) is 12.6. The van der Waals surface area contributed by atoms with Crippen LogP contribution in [0.1, 0.15) is 52.4 Å². The lowest BCUT2D eigenvalue weighted by Gasteiger charge is -2.36. The van der Waals surface area contributed by atoms with Crippen molar-refractivity contribution in [3.63, 3.8) is 0 Å². The van der Waals surface area contributed by atoms with Gasteiger partial charge in [-0.2, -0.15) is 0 Å². The summed E-state index contributed by atoms with van der Waals surface area (Å²) in [6.45, 7) is 4.99. The van der Waals surface area contributed by atoms with Crippen molar-refractivity contribution in [1.82, 2.24) is 4.90 Å². The highest BCUT2D eigenvalue weighted by molar-refractivity contribution is 7.81. The van der Waals surface area contributed by atoms with Crippen LogP contribution in [-0.2, 0) is 4.74 Å². The molecular weight excluding hydrogens is 230 g/mol. The van der Waals surface area contributed by atoms with Crippen LogP contribution in [0.15, 0.2) is 0 Å². The quantitative estimate of drug-likeness (QED) is 0.294. The molecule has 0 aromatic carbocycles. The number of nitrogens with zero attached hydrogens (tertiary/aromatic N) is 1. The van der Waals surface area contributed by atoms with E-state index in [4.69, 9.17) is 4.74 Å². The van der Waals surface area contributed by atoms with E-state index in [0.717, 1.165) is 25.8 Å². The second kappa shape index (κ2) is 9.82. The van der Waals surface area contributed by atoms with Gasteiger partial charge < -0.3 is 4.74 Å². The number of unbranched alkanes of at least 4 members (excludes halogenated alkanes) is 3. The molecule has 0 saturated carbocycles. The summed E-state index contributed by atoms with van der Waals surface area (Å²) in [5, 5.41) is -0.441. The Morgan fingerprint density at radius 2 is 2.00 bits per heavy atom. The molecule has 0 aromatic heterocycles. The predicted octanol–water partition coefficient (Wildman–Crippen LogP) is 3.53. The van der Waals surface area contributed by atoms with Gasteiger partial charge in [-0.25, -0.2) is 0 Å². The molecule has 0 aliphatic rings. The standard InChI is InChI=1S/C14H27NOS/c1-5-7-9-10-12-14(17,16-4)15(3)13-11-8-6-2/h17H,5,7,9-13H2,1-4H3. The molecule has 0 saturated heterocycles. The molecule has 17 heavy (non-hydrogen) atoms. The molecule has 0 fully saturated rings. The Bertz CT molecular complexity index is 246. The summed E-state index contributed by atoms with van der Waals surface area (Å²) in [5.74, 6) is 5.98. The van der Waals surface area contributed by atoms with Crippen molar-refractivity contribution >= 4 is 12.6 Å². The van der Waals surface area contributed by atoms with Crippen LogP contribution in [0, 0.1) is 11.8 Å². The van der Waals surface area contributed by atoms with Crippen LogP contribution in [0.2, 0.25) is 0 Å². The first-order valence-electron chi connectivity index (χ1n) is 6.49. The van der Waals surface area contributed by atoms with Crippen molar-refractivity contribution in [2.24, 2.45) is 0 Å². The molecular formula is C14H27NOS. The van der Waals surface area contributed by atoms with Gasteiger partial charge in [0, 0.05) is 20.1 Å². The maximum atomic E-state index is 5.55. The Morgan fingerprint density at radius 1 is 1.29 bits per heavy atom. The first kappa shape index (κ1) is 16.8. The third-order valence-corrected chi connectivity index (χ3v) is 3.78. The monoisotopic (exact) mass is 257 g/mol. The minimum atomic E-state index is -0.441. The molecule has 0 aromatic rings. The van der Waals surface area contributed by atoms with Crippen molar-refractivity contribution in [2.45, 2.75) is 57.4 Å². The topological polar surface area (TPSA) is 12.5 Å². The Hall–Kier alpha value is -0.170. The largest absolute Gasteiger partial charge is 0.354 e. The summed E-state index contributed by atoms with van der Waals surface area (Å²) in [4.78, 5) is 2.15. The van der Waals surface area contributed by atoms with E-state index in [2.05, 4.69) is 36.3 Å². The van der Waals surface area contributed by atoms with E-state index in [1.165, 1.54) is 19.3 Å². The van der Waals surface area contributed by atoms with Crippen molar-refractivity contribution < 1.29 is 4.74 Å². The molecule has 2 nitrogen and oxygen atoms in total. The van der Waals surface area contributed by atoms with E-state index < -0.39 is 5.06 Å². The predicted molar refractivity (Wildman–Crippen MR) is 78.2 cm³/mol. The Balaban J connectivity index is 4.07. The van der Waals surface area contributed by atoms with Crippen LogP contribution in [0.5, 0.6) is 0 Å². The van der Waals surface area contributed by atoms with Crippen molar-refractivity contribution in [2.75, 3.05) is 20.7 Å². The number of thiol groups is 1.